The Morgan fingerprint density at radius 3 is 1.96 bits per heavy atom. The first-order valence-electron chi connectivity index (χ1n) is 7.72. The monoisotopic (exact) mass is 366 g/mol. The van der Waals surface area contributed by atoms with Crippen molar-refractivity contribution in [2.45, 2.75) is 12.2 Å². The molecular weight excluding hydrogens is 344 g/mol. The number of rotatable bonds is 8. The number of aliphatic hydroxyl groups excluding tert-OH is 2. The van der Waals surface area contributed by atoms with Crippen molar-refractivity contribution in [1.29, 1.82) is 0 Å². The minimum atomic E-state index is -1.24. The minimum Gasteiger partial charge on any atom is -0.508 e. The molecule has 0 bridgehead atoms. The number of phenolic OH excluding ortho intramolecular Hbond substituents is 2. The van der Waals surface area contributed by atoms with Gasteiger partial charge in [-0.2, -0.15) is 0 Å². The summed E-state index contributed by atoms with van der Waals surface area (Å²) in [4.78, 5) is 0. The number of phenols is 2. The SMILES string of the molecule is COc1cc([C@H](O)[C@H](CO)Oc2c(OC)cc(O)cc2OC)ccc1O. The molecule has 0 aliphatic carbocycles. The van der Waals surface area contributed by atoms with Gasteiger partial charge < -0.3 is 39.4 Å². The molecule has 0 saturated heterocycles. The van der Waals surface area contributed by atoms with Gasteiger partial charge in [0.2, 0.25) is 5.75 Å². The maximum absolute atomic E-state index is 10.6. The van der Waals surface area contributed by atoms with Crippen LogP contribution in [0.25, 0.3) is 0 Å². The van der Waals surface area contributed by atoms with Gasteiger partial charge in [-0.05, 0) is 17.7 Å². The molecule has 2 rings (SSSR count). The van der Waals surface area contributed by atoms with Gasteiger partial charge in [-0.15, -0.1) is 0 Å². The lowest BCUT2D eigenvalue weighted by molar-refractivity contribution is -0.00177. The van der Waals surface area contributed by atoms with Crippen LogP contribution in [-0.4, -0.2) is 54.5 Å². The molecule has 0 saturated carbocycles. The standard InChI is InChI=1S/C18H22O8/c1-23-13-6-10(4-5-12(13)21)17(22)16(9-19)26-18-14(24-2)7-11(20)8-15(18)25-3/h4-8,16-17,19-22H,9H2,1-3H3/t16-,17-/m0/s1. The summed E-state index contributed by atoms with van der Waals surface area (Å²) < 4.78 is 21.1. The summed E-state index contributed by atoms with van der Waals surface area (Å²) in [6.45, 7) is -0.516. The molecule has 0 heterocycles. The van der Waals surface area contributed by atoms with Crippen LogP contribution in [0.4, 0.5) is 0 Å². The van der Waals surface area contributed by atoms with Gasteiger partial charge in [0.05, 0.1) is 27.9 Å². The van der Waals surface area contributed by atoms with Gasteiger partial charge in [0.15, 0.2) is 29.1 Å². The molecule has 0 aliphatic heterocycles. The number of methoxy groups -OCH3 is 3. The Kier molecular flexibility index (Phi) is 6.37. The highest BCUT2D eigenvalue weighted by Gasteiger charge is 2.26. The number of hydrogen-bond acceptors (Lipinski definition) is 8. The molecule has 8 heteroatoms. The lowest BCUT2D eigenvalue weighted by Gasteiger charge is -2.25. The van der Waals surface area contributed by atoms with Crippen LogP contribution in [0.3, 0.4) is 0 Å². The molecule has 142 valence electrons. The maximum atomic E-state index is 10.6. The zero-order chi connectivity index (χ0) is 19.3. The Morgan fingerprint density at radius 1 is 0.885 bits per heavy atom. The zero-order valence-electron chi connectivity index (χ0n) is 14.7. The summed E-state index contributed by atoms with van der Waals surface area (Å²) in [7, 11) is 4.16. The van der Waals surface area contributed by atoms with Crippen molar-refractivity contribution in [2.24, 2.45) is 0 Å². The fourth-order valence-corrected chi connectivity index (χ4v) is 2.43. The smallest absolute Gasteiger partial charge is 0.204 e. The van der Waals surface area contributed by atoms with E-state index >= 15 is 0 Å². The first kappa shape index (κ1) is 19.5. The second kappa shape index (κ2) is 8.50. The van der Waals surface area contributed by atoms with E-state index in [1.165, 1.54) is 51.7 Å². The summed E-state index contributed by atoms with van der Waals surface area (Å²) >= 11 is 0. The summed E-state index contributed by atoms with van der Waals surface area (Å²) in [6.07, 6.45) is -2.31. The topological polar surface area (TPSA) is 118 Å². The van der Waals surface area contributed by atoms with Gasteiger partial charge >= 0.3 is 0 Å². The quantitative estimate of drug-likeness (QED) is 0.556. The molecular formula is C18H22O8. The van der Waals surface area contributed by atoms with Crippen LogP contribution in [0.1, 0.15) is 11.7 Å². The lowest BCUT2D eigenvalue weighted by Crippen LogP contribution is -2.29. The van der Waals surface area contributed by atoms with Gasteiger partial charge in [-0.1, -0.05) is 6.07 Å². The van der Waals surface area contributed by atoms with Crippen LogP contribution in [0.2, 0.25) is 0 Å². The van der Waals surface area contributed by atoms with Crippen LogP contribution in [0, 0.1) is 0 Å². The number of aromatic hydroxyl groups is 2. The molecule has 0 radical (unpaired) electrons. The van der Waals surface area contributed by atoms with E-state index in [0.717, 1.165) is 0 Å². The van der Waals surface area contributed by atoms with E-state index < -0.39 is 18.8 Å². The molecule has 0 fully saturated rings. The molecule has 26 heavy (non-hydrogen) atoms. The number of aliphatic hydroxyl groups is 2. The van der Waals surface area contributed by atoms with Gasteiger partial charge in [0, 0.05) is 12.1 Å². The van der Waals surface area contributed by atoms with E-state index in [0.29, 0.717) is 5.56 Å². The molecule has 8 nitrogen and oxygen atoms in total. The third-order valence-corrected chi connectivity index (χ3v) is 3.79. The average Bonchev–Trinajstić information content (AvgIpc) is 2.66. The predicted octanol–water partition coefficient (Wildman–Crippen LogP) is 1.60. The van der Waals surface area contributed by atoms with Crippen molar-refractivity contribution in [2.75, 3.05) is 27.9 Å². The maximum Gasteiger partial charge on any atom is 0.204 e. The van der Waals surface area contributed by atoms with Crippen LogP contribution < -0.4 is 18.9 Å². The van der Waals surface area contributed by atoms with Crippen molar-refractivity contribution in [3.63, 3.8) is 0 Å². The third kappa shape index (κ3) is 4.04. The number of benzene rings is 2. The molecule has 0 unspecified atom stereocenters. The van der Waals surface area contributed by atoms with E-state index in [1.54, 1.807) is 0 Å². The van der Waals surface area contributed by atoms with Crippen LogP contribution in [0.5, 0.6) is 34.5 Å². The Bertz CT molecular complexity index is 721. The molecule has 2 aromatic carbocycles. The first-order chi connectivity index (χ1) is 12.4. The van der Waals surface area contributed by atoms with Crippen LogP contribution in [-0.2, 0) is 0 Å². The van der Waals surface area contributed by atoms with E-state index in [2.05, 4.69) is 0 Å². The van der Waals surface area contributed by atoms with Crippen LogP contribution >= 0.6 is 0 Å². The molecule has 2 atom stereocenters. The van der Waals surface area contributed by atoms with Gasteiger partial charge in [0.1, 0.15) is 11.9 Å². The Hall–Kier alpha value is -2.84. The minimum absolute atomic E-state index is 0.0770. The zero-order valence-corrected chi connectivity index (χ0v) is 14.7. The van der Waals surface area contributed by atoms with Gasteiger partial charge in [-0.25, -0.2) is 0 Å². The van der Waals surface area contributed by atoms with Crippen molar-refractivity contribution in [3.05, 3.63) is 35.9 Å². The van der Waals surface area contributed by atoms with Gasteiger partial charge in [-0.3, -0.25) is 0 Å². The van der Waals surface area contributed by atoms with Crippen LogP contribution in [0.15, 0.2) is 30.3 Å². The largest absolute Gasteiger partial charge is 0.508 e. The van der Waals surface area contributed by atoms with Gasteiger partial charge in [0.25, 0.3) is 0 Å². The van der Waals surface area contributed by atoms with Crippen molar-refractivity contribution >= 4 is 0 Å². The highest BCUT2D eigenvalue weighted by Crippen LogP contribution is 2.42. The predicted molar refractivity (Wildman–Crippen MR) is 92.3 cm³/mol. The van der Waals surface area contributed by atoms with Crippen molar-refractivity contribution in [1.82, 2.24) is 0 Å². The summed E-state index contributed by atoms with van der Waals surface area (Å²) in [5.41, 5.74) is 0.371. The van der Waals surface area contributed by atoms with E-state index in [4.69, 9.17) is 18.9 Å². The highest BCUT2D eigenvalue weighted by atomic mass is 16.6. The third-order valence-electron chi connectivity index (χ3n) is 3.79. The summed E-state index contributed by atoms with van der Waals surface area (Å²) in [6, 6.07) is 6.94. The Labute approximate surface area is 150 Å². The molecule has 0 aromatic heterocycles. The normalized spacial score (nSPS) is 13.0. The Balaban J connectivity index is 2.35. The molecule has 2 aromatic rings. The van der Waals surface area contributed by atoms with E-state index in [-0.39, 0.29) is 34.5 Å². The summed E-state index contributed by atoms with van der Waals surface area (Å²) in [5, 5.41) is 39.6. The lowest BCUT2D eigenvalue weighted by atomic mass is 10.0. The number of hydrogen-bond donors (Lipinski definition) is 4. The molecule has 4 N–H and O–H groups in total. The molecule has 0 amide bonds. The first-order valence-corrected chi connectivity index (χ1v) is 7.72. The Morgan fingerprint density at radius 2 is 1.46 bits per heavy atom. The highest BCUT2D eigenvalue weighted by molar-refractivity contribution is 5.55. The molecule has 0 aliphatic rings. The second-order valence-corrected chi connectivity index (χ2v) is 5.39. The molecule has 0 spiro atoms. The number of ether oxygens (including phenoxy) is 4. The van der Waals surface area contributed by atoms with Crippen molar-refractivity contribution < 1.29 is 39.4 Å². The average molecular weight is 366 g/mol. The fraction of sp³-hybridized carbons (Fsp3) is 0.333. The fourth-order valence-electron chi connectivity index (χ4n) is 2.43. The van der Waals surface area contributed by atoms with E-state index in [1.807, 2.05) is 0 Å². The van der Waals surface area contributed by atoms with E-state index in [9.17, 15) is 20.4 Å². The second-order valence-electron chi connectivity index (χ2n) is 5.39. The summed E-state index contributed by atoms with van der Waals surface area (Å²) in [5.74, 6) is 0.489. The van der Waals surface area contributed by atoms with Crippen molar-refractivity contribution in [3.8, 4) is 34.5 Å².